The first-order valence-electron chi connectivity index (χ1n) is 4.76. The van der Waals surface area contributed by atoms with Crippen LogP contribution in [-0.4, -0.2) is 45.3 Å². The fourth-order valence-corrected chi connectivity index (χ4v) is 2.37. The molecule has 0 unspecified atom stereocenters. The van der Waals surface area contributed by atoms with Crippen molar-refractivity contribution in [1.82, 2.24) is 4.90 Å². The molecule has 0 bridgehead atoms. The highest BCUT2D eigenvalue weighted by Crippen LogP contribution is 2.16. The molecule has 1 aliphatic rings. The molecule has 1 rings (SSSR count). The zero-order valence-electron chi connectivity index (χ0n) is 8.99. The molecule has 0 spiro atoms. The van der Waals surface area contributed by atoms with Crippen LogP contribution >= 0.6 is 0 Å². The lowest BCUT2D eigenvalue weighted by Crippen LogP contribution is -2.27. The minimum Gasteiger partial charge on any atom is -0.300 e. The first-order valence-corrected chi connectivity index (χ1v) is 6.58. The predicted octanol–water partition coefficient (Wildman–Crippen LogP) is 0.651. The third-order valence-corrected chi connectivity index (χ3v) is 2.70. The highest BCUT2D eigenvalue weighted by atomic mass is 32.2. The Morgan fingerprint density at radius 2 is 2.14 bits per heavy atom. The zero-order chi connectivity index (χ0) is 10.8. The standard InChI is InChI=1S/C9H18NO3S/c1-8(2)6-10-5-4-9(7-10)13-14(3,11)12/h9H,4-7H2,1-3H3/t9-/m1/s1. The summed E-state index contributed by atoms with van der Waals surface area (Å²) in [7, 11) is -3.29. The molecule has 1 radical (unpaired) electrons. The summed E-state index contributed by atoms with van der Waals surface area (Å²) in [5.41, 5.74) is 0. The fourth-order valence-electron chi connectivity index (χ4n) is 1.71. The number of rotatable bonds is 4. The van der Waals surface area contributed by atoms with Gasteiger partial charge in [-0.3, -0.25) is 4.18 Å². The Morgan fingerprint density at radius 1 is 1.50 bits per heavy atom. The van der Waals surface area contributed by atoms with Gasteiger partial charge in [0.2, 0.25) is 0 Å². The van der Waals surface area contributed by atoms with Crippen LogP contribution in [0.5, 0.6) is 0 Å². The maximum atomic E-state index is 10.9. The van der Waals surface area contributed by atoms with E-state index in [2.05, 4.69) is 18.7 Å². The number of likely N-dealkylation sites (tertiary alicyclic amines) is 1. The summed E-state index contributed by atoms with van der Waals surface area (Å²) in [5, 5.41) is 0. The van der Waals surface area contributed by atoms with Gasteiger partial charge in [0.25, 0.3) is 10.1 Å². The molecule has 1 fully saturated rings. The highest BCUT2D eigenvalue weighted by Gasteiger charge is 2.26. The van der Waals surface area contributed by atoms with E-state index in [-0.39, 0.29) is 6.10 Å². The van der Waals surface area contributed by atoms with Gasteiger partial charge < -0.3 is 4.90 Å². The maximum Gasteiger partial charge on any atom is 0.264 e. The van der Waals surface area contributed by atoms with E-state index < -0.39 is 10.1 Å². The molecule has 4 nitrogen and oxygen atoms in total. The van der Waals surface area contributed by atoms with Crippen molar-refractivity contribution in [2.75, 3.05) is 25.9 Å². The zero-order valence-corrected chi connectivity index (χ0v) is 9.80. The van der Waals surface area contributed by atoms with Gasteiger partial charge in [-0.1, -0.05) is 13.8 Å². The summed E-state index contributed by atoms with van der Waals surface area (Å²) in [5.74, 6) is 1.34. The minimum absolute atomic E-state index is 0.149. The molecule has 0 aromatic carbocycles. The molecule has 0 amide bonds. The van der Waals surface area contributed by atoms with Crippen LogP contribution in [0.15, 0.2) is 0 Å². The molecule has 5 heteroatoms. The van der Waals surface area contributed by atoms with E-state index >= 15 is 0 Å². The molecule has 1 atom stereocenters. The summed E-state index contributed by atoms with van der Waals surface area (Å²) >= 11 is 0. The molecule has 0 aromatic rings. The molecule has 0 aliphatic carbocycles. The molecule has 1 saturated heterocycles. The van der Waals surface area contributed by atoms with Gasteiger partial charge in [0.05, 0.1) is 12.4 Å². The smallest absolute Gasteiger partial charge is 0.264 e. The molecule has 1 aliphatic heterocycles. The van der Waals surface area contributed by atoms with Crippen molar-refractivity contribution in [1.29, 1.82) is 0 Å². The van der Waals surface area contributed by atoms with Crippen LogP contribution in [0.2, 0.25) is 0 Å². The monoisotopic (exact) mass is 220 g/mol. The van der Waals surface area contributed by atoms with Crippen LogP contribution in [0.3, 0.4) is 0 Å². The Morgan fingerprint density at radius 3 is 2.64 bits per heavy atom. The third-order valence-electron chi connectivity index (χ3n) is 2.08. The molecule has 0 aromatic heterocycles. The van der Waals surface area contributed by atoms with Gasteiger partial charge in [-0.25, -0.2) is 0 Å². The number of hydrogen-bond donors (Lipinski definition) is 0. The molecule has 0 saturated carbocycles. The van der Waals surface area contributed by atoms with Gasteiger partial charge in [0.15, 0.2) is 0 Å². The van der Waals surface area contributed by atoms with Crippen molar-refractivity contribution >= 4 is 10.1 Å². The molecular weight excluding hydrogens is 202 g/mol. The Bertz CT molecular complexity index is 274. The van der Waals surface area contributed by atoms with E-state index in [1.165, 1.54) is 5.92 Å². The lowest BCUT2D eigenvalue weighted by molar-refractivity contribution is 0.211. The highest BCUT2D eigenvalue weighted by molar-refractivity contribution is 7.86. The van der Waals surface area contributed by atoms with Gasteiger partial charge in [0, 0.05) is 19.6 Å². The molecule has 83 valence electrons. The average Bonchev–Trinajstić information content (AvgIpc) is 2.30. The van der Waals surface area contributed by atoms with Gasteiger partial charge in [-0.15, -0.1) is 0 Å². The first-order chi connectivity index (χ1) is 6.37. The fraction of sp³-hybridized carbons (Fsp3) is 0.889. The lowest BCUT2D eigenvalue weighted by Gasteiger charge is -2.17. The van der Waals surface area contributed by atoms with Gasteiger partial charge in [-0.05, 0) is 12.3 Å². The number of nitrogens with zero attached hydrogens (tertiary/aromatic N) is 1. The van der Waals surface area contributed by atoms with Crippen molar-refractivity contribution < 1.29 is 12.6 Å². The van der Waals surface area contributed by atoms with Crippen LogP contribution in [0.4, 0.5) is 0 Å². The van der Waals surface area contributed by atoms with E-state index in [1.807, 2.05) is 0 Å². The minimum atomic E-state index is -3.29. The molecular formula is C9H18NO3S. The van der Waals surface area contributed by atoms with Gasteiger partial charge in [-0.2, -0.15) is 8.42 Å². The second-order valence-corrected chi connectivity index (χ2v) is 5.75. The van der Waals surface area contributed by atoms with E-state index in [0.717, 1.165) is 32.3 Å². The summed E-state index contributed by atoms with van der Waals surface area (Å²) in [6.45, 7) is 6.72. The molecule has 0 N–H and O–H groups in total. The average molecular weight is 220 g/mol. The van der Waals surface area contributed by atoms with E-state index in [1.54, 1.807) is 0 Å². The van der Waals surface area contributed by atoms with Crippen LogP contribution in [0, 0.1) is 5.92 Å². The van der Waals surface area contributed by atoms with Gasteiger partial charge in [0.1, 0.15) is 0 Å². The van der Waals surface area contributed by atoms with Crippen molar-refractivity contribution in [3.63, 3.8) is 0 Å². The number of hydrogen-bond acceptors (Lipinski definition) is 4. The maximum absolute atomic E-state index is 10.9. The summed E-state index contributed by atoms with van der Waals surface area (Å²) < 4.78 is 26.7. The molecule has 1 heterocycles. The summed E-state index contributed by atoms with van der Waals surface area (Å²) in [4.78, 5) is 2.21. The first kappa shape index (κ1) is 11.9. The van der Waals surface area contributed by atoms with Crippen molar-refractivity contribution in [2.24, 2.45) is 0 Å². The van der Waals surface area contributed by atoms with Crippen molar-refractivity contribution in [2.45, 2.75) is 26.4 Å². The van der Waals surface area contributed by atoms with E-state index in [0.29, 0.717) is 0 Å². The second kappa shape index (κ2) is 4.59. The van der Waals surface area contributed by atoms with Gasteiger partial charge >= 0.3 is 0 Å². The SMILES string of the molecule is C[C](C)CN1CC[C@@H](OS(C)(=O)=O)C1. The topological polar surface area (TPSA) is 46.6 Å². The van der Waals surface area contributed by atoms with Crippen LogP contribution in [-0.2, 0) is 14.3 Å². The summed E-state index contributed by atoms with van der Waals surface area (Å²) in [6, 6.07) is 0. The Labute approximate surface area is 86.4 Å². The van der Waals surface area contributed by atoms with Crippen LogP contribution in [0.25, 0.3) is 0 Å². The Kier molecular flexibility index (Phi) is 3.92. The van der Waals surface area contributed by atoms with Crippen molar-refractivity contribution in [3.8, 4) is 0 Å². The van der Waals surface area contributed by atoms with E-state index in [9.17, 15) is 8.42 Å². The Balaban J connectivity index is 2.34. The quantitative estimate of drug-likeness (QED) is 0.653. The van der Waals surface area contributed by atoms with Crippen LogP contribution < -0.4 is 0 Å². The lowest BCUT2D eigenvalue weighted by atomic mass is 10.2. The Hall–Kier alpha value is -0.130. The largest absolute Gasteiger partial charge is 0.300 e. The van der Waals surface area contributed by atoms with Crippen molar-refractivity contribution in [3.05, 3.63) is 5.92 Å². The predicted molar refractivity (Wildman–Crippen MR) is 55.4 cm³/mol. The second-order valence-electron chi connectivity index (χ2n) is 4.15. The molecule has 14 heavy (non-hydrogen) atoms. The third kappa shape index (κ3) is 4.39. The summed E-state index contributed by atoms with van der Waals surface area (Å²) in [6.07, 6.45) is 1.76. The van der Waals surface area contributed by atoms with Crippen LogP contribution in [0.1, 0.15) is 20.3 Å². The normalized spacial score (nSPS) is 24.7. The van der Waals surface area contributed by atoms with E-state index in [4.69, 9.17) is 4.18 Å².